The van der Waals surface area contributed by atoms with E-state index >= 15 is 0 Å². The molecule has 2 N–H and O–H groups in total. The summed E-state index contributed by atoms with van der Waals surface area (Å²) in [6.45, 7) is 3.77. The quantitative estimate of drug-likeness (QED) is 0.526. The number of hydrogen-bond donors (Lipinski definition) is 2. The van der Waals surface area contributed by atoms with Crippen LogP contribution in [0, 0.1) is 6.92 Å². The summed E-state index contributed by atoms with van der Waals surface area (Å²) in [5, 5.41) is 7.98. The zero-order valence-electron chi connectivity index (χ0n) is 18.6. The van der Waals surface area contributed by atoms with E-state index in [1.165, 1.54) is 11.3 Å². The molecule has 1 unspecified atom stereocenters. The number of carbonyl (C=O) groups excluding carboxylic acids is 3. The van der Waals surface area contributed by atoms with E-state index in [4.69, 9.17) is 9.47 Å². The Morgan fingerprint density at radius 2 is 1.94 bits per heavy atom. The molecule has 34 heavy (non-hydrogen) atoms. The molecule has 4 amide bonds. The number of hydrogen-bond acceptors (Lipinski definition) is 7. The number of nitrogens with zero attached hydrogens (tertiary/aromatic N) is 2. The molecule has 10 heteroatoms. The average Bonchev–Trinajstić information content (AvgIpc) is 3.51. The molecule has 0 radical (unpaired) electrons. The molecular formula is C24H22N4O5S. The molecule has 2 aliphatic heterocycles. The van der Waals surface area contributed by atoms with Crippen molar-refractivity contribution in [3.63, 3.8) is 0 Å². The van der Waals surface area contributed by atoms with Crippen molar-refractivity contribution in [3.8, 4) is 11.5 Å². The van der Waals surface area contributed by atoms with Crippen LogP contribution >= 0.6 is 11.3 Å². The average molecular weight is 479 g/mol. The molecule has 174 valence electrons. The molecule has 3 heterocycles. The third-order valence-electron chi connectivity index (χ3n) is 5.79. The van der Waals surface area contributed by atoms with Gasteiger partial charge in [0.05, 0.1) is 18.7 Å². The highest BCUT2D eigenvalue weighted by molar-refractivity contribution is 7.09. The van der Waals surface area contributed by atoms with Crippen LogP contribution in [-0.2, 0) is 28.1 Å². The number of nitrogens with one attached hydrogen (secondary N) is 2. The molecule has 1 saturated heterocycles. The molecule has 0 saturated carbocycles. The standard InChI is InChI=1S/C24H22N4O5S/c1-14-3-6-16(7-4-14)25-20(29)10-21-26-17(12-34-21)11-28-22(30)24(2,27-23(28)31)15-5-8-18-19(9-15)33-13-32-18/h3-9,12H,10-11,13H2,1-2H3,(H,25,29)(H,27,31). The van der Waals surface area contributed by atoms with Crippen LogP contribution in [0.3, 0.4) is 0 Å². The second-order valence-electron chi connectivity index (χ2n) is 8.34. The summed E-state index contributed by atoms with van der Waals surface area (Å²) in [4.78, 5) is 43.9. The molecule has 2 aromatic carbocycles. The Balaban J connectivity index is 1.25. The fourth-order valence-corrected chi connectivity index (χ4v) is 4.67. The highest BCUT2D eigenvalue weighted by Gasteiger charge is 2.49. The number of aromatic nitrogens is 1. The van der Waals surface area contributed by atoms with Crippen molar-refractivity contribution in [2.24, 2.45) is 0 Å². The summed E-state index contributed by atoms with van der Waals surface area (Å²) >= 11 is 1.31. The van der Waals surface area contributed by atoms with Gasteiger partial charge in [0.25, 0.3) is 5.91 Å². The number of rotatable bonds is 6. The van der Waals surface area contributed by atoms with Crippen LogP contribution in [0.15, 0.2) is 47.8 Å². The van der Waals surface area contributed by atoms with Crippen LogP contribution in [0.1, 0.15) is 28.8 Å². The monoisotopic (exact) mass is 478 g/mol. The maximum Gasteiger partial charge on any atom is 0.325 e. The van der Waals surface area contributed by atoms with Gasteiger partial charge in [-0.1, -0.05) is 23.8 Å². The first-order chi connectivity index (χ1) is 16.3. The Morgan fingerprint density at radius 3 is 2.74 bits per heavy atom. The zero-order chi connectivity index (χ0) is 23.9. The van der Waals surface area contributed by atoms with E-state index < -0.39 is 11.6 Å². The summed E-state index contributed by atoms with van der Waals surface area (Å²) in [6.07, 6.45) is 0.105. The van der Waals surface area contributed by atoms with E-state index in [9.17, 15) is 14.4 Å². The lowest BCUT2D eigenvalue weighted by molar-refractivity contribution is -0.131. The number of amides is 4. The number of carbonyl (C=O) groups is 3. The molecule has 9 nitrogen and oxygen atoms in total. The molecule has 1 atom stereocenters. The lowest BCUT2D eigenvalue weighted by Crippen LogP contribution is -2.40. The van der Waals surface area contributed by atoms with Gasteiger partial charge in [0.15, 0.2) is 11.5 Å². The van der Waals surface area contributed by atoms with E-state index in [-0.39, 0.29) is 31.6 Å². The summed E-state index contributed by atoms with van der Waals surface area (Å²) in [7, 11) is 0. The predicted octanol–water partition coefficient (Wildman–Crippen LogP) is 3.33. The number of benzene rings is 2. The lowest BCUT2D eigenvalue weighted by Gasteiger charge is -2.22. The minimum atomic E-state index is -1.23. The van der Waals surface area contributed by atoms with Gasteiger partial charge < -0.3 is 20.1 Å². The van der Waals surface area contributed by atoms with Crippen molar-refractivity contribution >= 4 is 34.9 Å². The van der Waals surface area contributed by atoms with Crippen molar-refractivity contribution in [1.29, 1.82) is 0 Å². The third kappa shape index (κ3) is 4.08. The molecule has 1 fully saturated rings. The number of aryl methyl sites for hydroxylation is 1. The van der Waals surface area contributed by atoms with Gasteiger partial charge in [0, 0.05) is 11.1 Å². The van der Waals surface area contributed by atoms with E-state index in [0.717, 1.165) is 16.2 Å². The van der Waals surface area contributed by atoms with Gasteiger partial charge in [0.1, 0.15) is 10.5 Å². The van der Waals surface area contributed by atoms with Gasteiger partial charge in [-0.3, -0.25) is 14.5 Å². The summed E-state index contributed by atoms with van der Waals surface area (Å²) < 4.78 is 10.7. The Labute approximate surface area is 199 Å². The minimum Gasteiger partial charge on any atom is -0.454 e. The maximum atomic E-state index is 13.2. The molecule has 3 aromatic rings. The normalized spacial score (nSPS) is 18.8. The zero-order valence-corrected chi connectivity index (χ0v) is 19.4. The van der Waals surface area contributed by atoms with E-state index in [1.54, 1.807) is 30.5 Å². The lowest BCUT2D eigenvalue weighted by atomic mass is 9.91. The summed E-state index contributed by atoms with van der Waals surface area (Å²) in [5.41, 5.74) is 1.74. The van der Waals surface area contributed by atoms with Crippen LogP contribution in [0.4, 0.5) is 10.5 Å². The topological polar surface area (TPSA) is 110 Å². The first kappa shape index (κ1) is 21.9. The van der Waals surface area contributed by atoms with Crippen LogP contribution in [0.5, 0.6) is 11.5 Å². The Bertz CT molecular complexity index is 1290. The fourth-order valence-electron chi connectivity index (χ4n) is 3.89. The first-order valence-corrected chi connectivity index (χ1v) is 11.5. The van der Waals surface area contributed by atoms with E-state index in [0.29, 0.717) is 27.8 Å². The highest BCUT2D eigenvalue weighted by Crippen LogP contribution is 2.38. The Hall–Kier alpha value is -3.92. The number of urea groups is 1. The summed E-state index contributed by atoms with van der Waals surface area (Å²) in [5.74, 6) is 0.563. The van der Waals surface area contributed by atoms with Crippen molar-refractivity contribution in [2.45, 2.75) is 32.4 Å². The van der Waals surface area contributed by atoms with Crippen LogP contribution in [0.2, 0.25) is 0 Å². The Morgan fingerprint density at radius 1 is 1.18 bits per heavy atom. The second kappa shape index (κ2) is 8.45. The van der Waals surface area contributed by atoms with E-state index in [2.05, 4.69) is 15.6 Å². The largest absolute Gasteiger partial charge is 0.454 e. The summed E-state index contributed by atoms with van der Waals surface area (Å²) in [6, 6.07) is 12.2. The van der Waals surface area contributed by atoms with E-state index in [1.807, 2.05) is 31.2 Å². The van der Waals surface area contributed by atoms with Gasteiger partial charge in [-0.2, -0.15) is 0 Å². The highest BCUT2D eigenvalue weighted by atomic mass is 32.1. The van der Waals surface area contributed by atoms with Crippen molar-refractivity contribution in [2.75, 3.05) is 12.1 Å². The first-order valence-electron chi connectivity index (χ1n) is 10.7. The van der Waals surface area contributed by atoms with Crippen molar-refractivity contribution in [3.05, 3.63) is 69.7 Å². The molecule has 0 spiro atoms. The molecule has 2 aliphatic rings. The van der Waals surface area contributed by atoms with Crippen molar-refractivity contribution in [1.82, 2.24) is 15.2 Å². The molecular weight excluding hydrogens is 456 g/mol. The Kier molecular flexibility index (Phi) is 5.45. The predicted molar refractivity (Wildman–Crippen MR) is 125 cm³/mol. The third-order valence-corrected chi connectivity index (χ3v) is 6.69. The fraction of sp³-hybridized carbons (Fsp3) is 0.250. The number of fused-ring (bicyclic) bond motifs is 1. The van der Waals surface area contributed by atoms with Gasteiger partial charge >= 0.3 is 6.03 Å². The molecule has 0 aliphatic carbocycles. The van der Waals surface area contributed by atoms with Crippen LogP contribution < -0.4 is 20.1 Å². The van der Waals surface area contributed by atoms with Crippen molar-refractivity contribution < 1.29 is 23.9 Å². The van der Waals surface area contributed by atoms with Crippen LogP contribution in [-0.4, -0.2) is 34.5 Å². The number of thiazole rings is 1. The number of ether oxygens (including phenoxy) is 2. The number of anilines is 1. The van der Waals surface area contributed by atoms with Gasteiger partial charge in [0.2, 0.25) is 12.7 Å². The maximum absolute atomic E-state index is 13.2. The van der Waals surface area contributed by atoms with Gasteiger partial charge in [-0.05, 0) is 43.7 Å². The minimum absolute atomic E-state index is 0.0148. The van der Waals surface area contributed by atoms with Crippen LogP contribution in [0.25, 0.3) is 0 Å². The van der Waals surface area contributed by atoms with Gasteiger partial charge in [-0.25, -0.2) is 9.78 Å². The molecule has 0 bridgehead atoms. The second-order valence-corrected chi connectivity index (χ2v) is 9.28. The van der Waals surface area contributed by atoms with Gasteiger partial charge in [-0.15, -0.1) is 11.3 Å². The molecule has 1 aromatic heterocycles. The SMILES string of the molecule is Cc1ccc(NC(=O)Cc2nc(CN3C(=O)NC(C)(c4ccc5c(c4)OCO5)C3=O)cs2)cc1. The smallest absolute Gasteiger partial charge is 0.325 e. The number of imide groups is 1. The molecule has 5 rings (SSSR count).